The van der Waals surface area contributed by atoms with Gasteiger partial charge in [-0.25, -0.2) is 4.79 Å². The number of benzene rings is 3. The van der Waals surface area contributed by atoms with E-state index in [4.69, 9.17) is 4.74 Å². The molecule has 0 aliphatic rings. The minimum atomic E-state index is -0.804. The van der Waals surface area contributed by atoms with Gasteiger partial charge in [-0.1, -0.05) is 72.0 Å². The Bertz CT molecular complexity index is 1250. The first-order chi connectivity index (χ1) is 17.1. The molecule has 0 saturated carbocycles. The van der Waals surface area contributed by atoms with E-state index in [0.717, 1.165) is 22.4 Å². The number of nitrogens with one attached hydrogen (secondary N) is 3. The second-order valence-corrected chi connectivity index (χ2v) is 8.66. The zero-order chi connectivity index (χ0) is 24.5. The molecule has 3 amide bonds. The summed E-state index contributed by atoms with van der Waals surface area (Å²) in [4.78, 5) is 25.7. The third-order valence-electron chi connectivity index (χ3n) is 5.19. The highest BCUT2D eigenvalue weighted by molar-refractivity contribution is 7.18. The van der Waals surface area contributed by atoms with Crippen LogP contribution in [0.4, 0.5) is 9.93 Å². The molecule has 1 heterocycles. The lowest BCUT2D eigenvalue weighted by Crippen LogP contribution is -2.49. The summed E-state index contributed by atoms with van der Waals surface area (Å²) in [6.45, 7) is 0.355. The topological polar surface area (TPSA) is 105 Å². The zero-order valence-electron chi connectivity index (χ0n) is 19.1. The molecule has 3 aromatic carbocycles. The summed E-state index contributed by atoms with van der Waals surface area (Å²) in [5.41, 5.74) is 2.75. The molecule has 178 valence electrons. The highest BCUT2D eigenvalue weighted by atomic mass is 32.1. The fraction of sp³-hybridized carbons (Fsp3) is 0.154. The van der Waals surface area contributed by atoms with Gasteiger partial charge in [0.2, 0.25) is 11.0 Å². The summed E-state index contributed by atoms with van der Waals surface area (Å²) in [6.07, 6.45) is 0.329. The van der Waals surface area contributed by atoms with E-state index in [0.29, 0.717) is 23.1 Å². The second-order valence-electron chi connectivity index (χ2n) is 7.69. The van der Waals surface area contributed by atoms with E-state index in [1.165, 1.54) is 11.3 Å². The van der Waals surface area contributed by atoms with E-state index in [1.54, 1.807) is 7.11 Å². The van der Waals surface area contributed by atoms with Gasteiger partial charge >= 0.3 is 6.03 Å². The molecule has 0 aliphatic heterocycles. The van der Waals surface area contributed by atoms with Gasteiger partial charge in [-0.2, -0.15) is 0 Å². The smallest absolute Gasteiger partial charge is 0.315 e. The van der Waals surface area contributed by atoms with Crippen LogP contribution in [0.5, 0.6) is 5.75 Å². The van der Waals surface area contributed by atoms with Gasteiger partial charge < -0.3 is 15.4 Å². The quantitative estimate of drug-likeness (QED) is 0.327. The summed E-state index contributed by atoms with van der Waals surface area (Å²) in [5.74, 6) is 0.369. The van der Waals surface area contributed by atoms with E-state index in [2.05, 4.69) is 26.1 Å². The van der Waals surface area contributed by atoms with Crippen molar-refractivity contribution in [1.29, 1.82) is 0 Å². The lowest BCUT2D eigenvalue weighted by Gasteiger charge is -2.18. The number of aromatic nitrogens is 2. The molecule has 4 aromatic rings. The van der Waals surface area contributed by atoms with Crippen LogP contribution in [0, 0.1) is 0 Å². The van der Waals surface area contributed by atoms with E-state index >= 15 is 0 Å². The summed E-state index contributed by atoms with van der Waals surface area (Å²) in [5, 5.41) is 17.7. The molecule has 0 spiro atoms. The summed E-state index contributed by atoms with van der Waals surface area (Å²) in [7, 11) is 1.61. The summed E-state index contributed by atoms with van der Waals surface area (Å²) >= 11 is 1.25. The predicted octanol–water partition coefficient (Wildman–Crippen LogP) is 4.26. The van der Waals surface area contributed by atoms with Gasteiger partial charge in [0.15, 0.2) is 0 Å². The number of urea groups is 1. The van der Waals surface area contributed by atoms with E-state index < -0.39 is 12.1 Å². The van der Waals surface area contributed by atoms with Crippen molar-refractivity contribution in [2.24, 2.45) is 0 Å². The number of hydrogen-bond acceptors (Lipinski definition) is 6. The largest absolute Gasteiger partial charge is 0.497 e. The number of hydrogen-bond donors (Lipinski definition) is 3. The molecule has 1 atom stereocenters. The molecule has 1 unspecified atom stereocenters. The predicted molar refractivity (Wildman–Crippen MR) is 136 cm³/mol. The van der Waals surface area contributed by atoms with Gasteiger partial charge in [0.1, 0.15) is 16.8 Å². The third-order valence-corrected chi connectivity index (χ3v) is 6.08. The van der Waals surface area contributed by atoms with E-state index in [9.17, 15) is 9.59 Å². The number of amides is 3. The Morgan fingerprint density at radius 1 is 0.886 bits per heavy atom. The first kappa shape index (κ1) is 23.9. The lowest BCUT2D eigenvalue weighted by atomic mass is 10.1. The van der Waals surface area contributed by atoms with Crippen molar-refractivity contribution < 1.29 is 14.3 Å². The van der Waals surface area contributed by atoms with Gasteiger partial charge in [0.25, 0.3) is 0 Å². The van der Waals surface area contributed by atoms with E-state index in [-0.39, 0.29) is 5.91 Å². The van der Waals surface area contributed by atoms with Crippen LogP contribution < -0.4 is 20.7 Å². The highest BCUT2D eigenvalue weighted by Crippen LogP contribution is 2.27. The molecule has 0 fully saturated rings. The first-order valence-corrected chi connectivity index (χ1v) is 11.8. The first-order valence-electron chi connectivity index (χ1n) is 11.0. The SMILES string of the molecule is COc1ccc(-c2nnc(NC(=O)C(Cc3ccccc3)NC(=O)NCc3ccccc3)s2)cc1. The van der Waals surface area contributed by atoms with Crippen molar-refractivity contribution in [1.82, 2.24) is 20.8 Å². The average Bonchev–Trinajstić information content (AvgIpc) is 3.37. The molecule has 0 bridgehead atoms. The Kier molecular flexibility index (Phi) is 8.03. The third kappa shape index (κ3) is 6.87. The van der Waals surface area contributed by atoms with Gasteiger partial charge in [0, 0.05) is 18.5 Å². The maximum Gasteiger partial charge on any atom is 0.315 e. The number of carbonyl (C=O) groups is 2. The molecule has 8 nitrogen and oxygen atoms in total. The standard InChI is InChI=1S/C26H25N5O3S/c1-34-21-14-12-20(13-15-21)24-30-31-26(35-24)29-23(32)22(16-18-8-4-2-5-9-18)28-25(33)27-17-19-10-6-3-7-11-19/h2-15,22H,16-17H2,1H3,(H2,27,28,33)(H,29,31,32). The Morgan fingerprint density at radius 3 is 2.20 bits per heavy atom. The summed E-state index contributed by atoms with van der Waals surface area (Å²) in [6, 6.07) is 25.3. The van der Waals surface area contributed by atoms with Crippen molar-refractivity contribution in [2.75, 3.05) is 12.4 Å². The van der Waals surface area contributed by atoms with Crippen LogP contribution in [0.25, 0.3) is 10.6 Å². The Morgan fingerprint density at radius 2 is 1.54 bits per heavy atom. The van der Waals surface area contributed by atoms with Crippen LogP contribution in [0.3, 0.4) is 0 Å². The molecule has 1 aromatic heterocycles. The van der Waals surface area contributed by atoms with Crippen LogP contribution in [0.15, 0.2) is 84.9 Å². The molecule has 9 heteroatoms. The molecule has 4 rings (SSSR count). The minimum Gasteiger partial charge on any atom is -0.497 e. The minimum absolute atomic E-state index is 0.329. The molecule has 0 saturated heterocycles. The lowest BCUT2D eigenvalue weighted by molar-refractivity contribution is -0.117. The van der Waals surface area contributed by atoms with Crippen LogP contribution >= 0.6 is 11.3 Å². The van der Waals surface area contributed by atoms with Crippen molar-refractivity contribution in [3.63, 3.8) is 0 Å². The maximum atomic E-state index is 13.1. The van der Waals surface area contributed by atoms with Crippen molar-refractivity contribution >= 4 is 28.4 Å². The Balaban J connectivity index is 1.42. The van der Waals surface area contributed by atoms with Gasteiger partial charge in [0.05, 0.1) is 7.11 Å². The normalized spacial score (nSPS) is 11.3. The van der Waals surface area contributed by atoms with Crippen LogP contribution in [0.2, 0.25) is 0 Å². The number of carbonyl (C=O) groups excluding carboxylic acids is 2. The summed E-state index contributed by atoms with van der Waals surface area (Å²) < 4.78 is 5.18. The van der Waals surface area contributed by atoms with Crippen LogP contribution in [-0.2, 0) is 17.8 Å². The molecule has 3 N–H and O–H groups in total. The van der Waals surface area contributed by atoms with Gasteiger partial charge in [-0.15, -0.1) is 10.2 Å². The van der Waals surface area contributed by atoms with Crippen LogP contribution in [-0.4, -0.2) is 35.3 Å². The van der Waals surface area contributed by atoms with E-state index in [1.807, 2.05) is 84.9 Å². The molecular formula is C26H25N5O3S. The Labute approximate surface area is 207 Å². The van der Waals surface area contributed by atoms with Crippen LogP contribution in [0.1, 0.15) is 11.1 Å². The van der Waals surface area contributed by atoms with Crippen molar-refractivity contribution in [3.8, 4) is 16.3 Å². The zero-order valence-corrected chi connectivity index (χ0v) is 19.9. The number of ether oxygens (including phenoxy) is 1. The maximum absolute atomic E-state index is 13.1. The molecular weight excluding hydrogens is 462 g/mol. The number of anilines is 1. The molecule has 0 aliphatic carbocycles. The van der Waals surface area contributed by atoms with Crippen molar-refractivity contribution in [2.45, 2.75) is 19.0 Å². The number of nitrogens with zero attached hydrogens (tertiary/aromatic N) is 2. The second kappa shape index (κ2) is 11.8. The Hall–Kier alpha value is -4.24. The fourth-order valence-corrected chi connectivity index (χ4v) is 4.12. The van der Waals surface area contributed by atoms with Gasteiger partial charge in [-0.05, 0) is 35.4 Å². The van der Waals surface area contributed by atoms with Crippen molar-refractivity contribution in [3.05, 3.63) is 96.1 Å². The number of rotatable bonds is 9. The monoisotopic (exact) mass is 487 g/mol. The van der Waals surface area contributed by atoms with Gasteiger partial charge in [-0.3, -0.25) is 10.1 Å². The fourth-order valence-electron chi connectivity index (χ4n) is 3.36. The number of methoxy groups -OCH3 is 1. The highest BCUT2D eigenvalue weighted by Gasteiger charge is 2.23. The average molecular weight is 488 g/mol. The molecule has 35 heavy (non-hydrogen) atoms. The molecule has 0 radical (unpaired) electrons.